The lowest BCUT2D eigenvalue weighted by Crippen LogP contribution is -2.32. The molecule has 0 radical (unpaired) electrons. The lowest BCUT2D eigenvalue weighted by Gasteiger charge is -2.12. The summed E-state index contributed by atoms with van der Waals surface area (Å²) in [6, 6.07) is 3.12. The standard InChI is InChI=1S/C15H15ClN6O2/c1-9(2)14-20-22(15(24)11-5-10(16)6-21(11)14)7-13(23)19-12-3-4-17-8-18-12/h3-6,8-9H,7H2,1-2H3,(H,17,18,19,23). The lowest BCUT2D eigenvalue weighted by atomic mass is 10.2. The lowest BCUT2D eigenvalue weighted by molar-refractivity contribution is -0.117. The molecule has 3 heterocycles. The fourth-order valence-corrected chi connectivity index (χ4v) is 2.52. The van der Waals surface area contributed by atoms with Crippen LogP contribution in [0.15, 0.2) is 35.6 Å². The molecule has 1 amide bonds. The fourth-order valence-electron chi connectivity index (χ4n) is 2.32. The van der Waals surface area contributed by atoms with E-state index in [-0.39, 0.29) is 18.0 Å². The Labute approximate surface area is 142 Å². The minimum atomic E-state index is -0.403. The zero-order valence-electron chi connectivity index (χ0n) is 13.1. The van der Waals surface area contributed by atoms with Crippen molar-refractivity contribution in [2.45, 2.75) is 26.3 Å². The molecule has 0 saturated carbocycles. The number of nitrogens with one attached hydrogen (secondary N) is 1. The number of carbonyl (C=O) groups is 1. The van der Waals surface area contributed by atoms with E-state index in [1.54, 1.807) is 22.7 Å². The minimum Gasteiger partial charge on any atom is -0.309 e. The molecule has 124 valence electrons. The predicted octanol–water partition coefficient (Wildman–Crippen LogP) is 1.70. The van der Waals surface area contributed by atoms with E-state index in [1.807, 2.05) is 13.8 Å². The fraction of sp³-hybridized carbons (Fsp3) is 0.267. The number of halogens is 1. The van der Waals surface area contributed by atoms with Crippen LogP contribution >= 0.6 is 11.6 Å². The van der Waals surface area contributed by atoms with Crippen LogP contribution in [-0.4, -0.2) is 30.1 Å². The van der Waals surface area contributed by atoms with E-state index in [1.165, 1.54) is 12.5 Å². The summed E-state index contributed by atoms with van der Waals surface area (Å²) in [5, 5.41) is 7.35. The molecule has 3 aromatic heterocycles. The summed E-state index contributed by atoms with van der Waals surface area (Å²) in [5.41, 5.74) is -0.00215. The first-order valence-corrected chi connectivity index (χ1v) is 7.68. The van der Waals surface area contributed by atoms with E-state index < -0.39 is 5.91 Å². The van der Waals surface area contributed by atoms with Gasteiger partial charge in [-0.15, -0.1) is 0 Å². The zero-order valence-corrected chi connectivity index (χ0v) is 13.9. The van der Waals surface area contributed by atoms with E-state index in [0.717, 1.165) is 4.68 Å². The van der Waals surface area contributed by atoms with Crippen LogP contribution in [0.2, 0.25) is 5.02 Å². The Kier molecular flexibility index (Phi) is 4.30. The summed E-state index contributed by atoms with van der Waals surface area (Å²) >= 11 is 6.01. The summed E-state index contributed by atoms with van der Waals surface area (Å²) < 4.78 is 2.80. The molecule has 0 unspecified atom stereocenters. The van der Waals surface area contributed by atoms with Gasteiger partial charge >= 0.3 is 0 Å². The second-order valence-electron chi connectivity index (χ2n) is 5.53. The van der Waals surface area contributed by atoms with Gasteiger partial charge in [0.25, 0.3) is 5.56 Å². The van der Waals surface area contributed by atoms with Crippen LogP contribution in [0.3, 0.4) is 0 Å². The number of hydrogen-bond acceptors (Lipinski definition) is 5. The van der Waals surface area contributed by atoms with Gasteiger partial charge in [-0.25, -0.2) is 14.6 Å². The van der Waals surface area contributed by atoms with Crippen molar-refractivity contribution in [2.24, 2.45) is 0 Å². The van der Waals surface area contributed by atoms with Crippen LogP contribution in [-0.2, 0) is 11.3 Å². The van der Waals surface area contributed by atoms with Crippen molar-refractivity contribution in [2.75, 3.05) is 5.32 Å². The van der Waals surface area contributed by atoms with E-state index in [4.69, 9.17) is 11.6 Å². The van der Waals surface area contributed by atoms with E-state index in [2.05, 4.69) is 20.4 Å². The molecule has 1 N–H and O–H groups in total. The van der Waals surface area contributed by atoms with Crippen LogP contribution in [0.1, 0.15) is 25.6 Å². The Morgan fingerprint density at radius 3 is 2.88 bits per heavy atom. The van der Waals surface area contributed by atoms with Crippen molar-refractivity contribution in [3.63, 3.8) is 0 Å². The highest BCUT2D eigenvalue weighted by Gasteiger charge is 2.16. The highest BCUT2D eigenvalue weighted by atomic mass is 35.5. The van der Waals surface area contributed by atoms with Gasteiger partial charge in [0.2, 0.25) is 5.91 Å². The summed E-state index contributed by atoms with van der Waals surface area (Å²) in [6.45, 7) is 3.68. The maximum atomic E-state index is 12.5. The van der Waals surface area contributed by atoms with Crippen molar-refractivity contribution < 1.29 is 4.79 Å². The number of aromatic nitrogens is 5. The molecule has 0 saturated heterocycles. The van der Waals surface area contributed by atoms with E-state index in [0.29, 0.717) is 22.2 Å². The molecule has 0 bridgehead atoms. The topological polar surface area (TPSA) is 94.2 Å². The van der Waals surface area contributed by atoms with Crippen LogP contribution in [0.25, 0.3) is 5.52 Å². The van der Waals surface area contributed by atoms with Gasteiger partial charge in [0.1, 0.15) is 30.0 Å². The Morgan fingerprint density at radius 1 is 1.42 bits per heavy atom. The first-order valence-electron chi connectivity index (χ1n) is 7.30. The second kappa shape index (κ2) is 6.40. The van der Waals surface area contributed by atoms with Crippen LogP contribution in [0, 0.1) is 0 Å². The monoisotopic (exact) mass is 346 g/mol. The van der Waals surface area contributed by atoms with Gasteiger partial charge in [-0.3, -0.25) is 14.0 Å². The molecule has 3 aromatic rings. The van der Waals surface area contributed by atoms with Gasteiger partial charge < -0.3 is 5.32 Å². The number of amides is 1. The van der Waals surface area contributed by atoms with E-state index in [9.17, 15) is 9.59 Å². The van der Waals surface area contributed by atoms with Crippen molar-refractivity contribution in [3.05, 3.63) is 52.1 Å². The Balaban J connectivity index is 1.96. The Morgan fingerprint density at radius 2 is 2.21 bits per heavy atom. The van der Waals surface area contributed by atoms with E-state index >= 15 is 0 Å². The van der Waals surface area contributed by atoms with Crippen molar-refractivity contribution in [1.29, 1.82) is 0 Å². The first kappa shape index (κ1) is 16.1. The number of anilines is 1. The van der Waals surface area contributed by atoms with Crippen molar-refractivity contribution >= 4 is 28.8 Å². The molecule has 24 heavy (non-hydrogen) atoms. The highest BCUT2D eigenvalue weighted by molar-refractivity contribution is 6.31. The summed E-state index contributed by atoms with van der Waals surface area (Å²) in [6.07, 6.45) is 4.48. The molecule has 0 aliphatic heterocycles. The maximum absolute atomic E-state index is 12.5. The molecular formula is C15H15ClN6O2. The summed E-state index contributed by atoms with van der Waals surface area (Å²) in [4.78, 5) is 32.4. The molecule has 0 aromatic carbocycles. The summed E-state index contributed by atoms with van der Waals surface area (Å²) in [7, 11) is 0. The van der Waals surface area contributed by atoms with Gasteiger partial charge in [-0.1, -0.05) is 25.4 Å². The van der Waals surface area contributed by atoms with Crippen molar-refractivity contribution in [3.8, 4) is 0 Å². The van der Waals surface area contributed by atoms with Crippen LogP contribution in [0.4, 0.5) is 5.82 Å². The third-order valence-corrected chi connectivity index (χ3v) is 3.58. The van der Waals surface area contributed by atoms with Crippen LogP contribution < -0.4 is 10.9 Å². The molecule has 0 spiro atoms. The Bertz CT molecular complexity index is 948. The number of rotatable bonds is 4. The minimum absolute atomic E-state index is 0.0488. The third-order valence-electron chi connectivity index (χ3n) is 3.37. The molecule has 0 fully saturated rings. The van der Waals surface area contributed by atoms with Gasteiger partial charge in [0.05, 0.1) is 5.02 Å². The average Bonchev–Trinajstić information content (AvgIpc) is 2.92. The molecule has 0 aliphatic rings. The van der Waals surface area contributed by atoms with Gasteiger partial charge in [-0.2, -0.15) is 5.10 Å². The van der Waals surface area contributed by atoms with Gasteiger partial charge in [0.15, 0.2) is 0 Å². The largest absolute Gasteiger partial charge is 0.309 e. The SMILES string of the molecule is CC(C)c1nn(CC(=O)Nc2ccncn2)c(=O)c2cc(Cl)cn12. The average molecular weight is 347 g/mol. The number of carbonyl (C=O) groups excluding carboxylic acids is 1. The first-order chi connectivity index (χ1) is 11.5. The molecule has 8 nitrogen and oxygen atoms in total. The number of fused-ring (bicyclic) bond motifs is 1. The highest BCUT2D eigenvalue weighted by Crippen LogP contribution is 2.17. The van der Waals surface area contributed by atoms with Gasteiger partial charge in [-0.05, 0) is 12.1 Å². The molecule has 0 atom stereocenters. The molecular weight excluding hydrogens is 332 g/mol. The second-order valence-corrected chi connectivity index (χ2v) is 5.97. The number of hydrogen-bond donors (Lipinski definition) is 1. The predicted molar refractivity (Wildman–Crippen MR) is 89.2 cm³/mol. The third kappa shape index (κ3) is 3.13. The molecule has 9 heteroatoms. The Hall–Kier alpha value is -2.74. The normalized spacial score (nSPS) is 11.2. The van der Waals surface area contributed by atoms with Gasteiger partial charge in [0, 0.05) is 18.3 Å². The smallest absolute Gasteiger partial charge is 0.291 e. The quantitative estimate of drug-likeness (QED) is 0.776. The summed E-state index contributed by atoms with van der Waals surface area (Å²) in [5.74, 6) is 0.651. The molecule has 0 aliphatic carbocycles. The molecule has 3 rings (SSSR count). The maximum Gasteiger partial charge on any atom is 0.291 e. The zero-order chi connectivity index (χ0) is 17.3. The van der Waals surface area contributed by atoms with Crippen molar-refractivity contribution in [1.82, 2.24) is 24.1 Å². The van der Waals surface area contributed by atoms with Crippen LogP contribution in [0.5, 0.6) is 0 Å². The number of nitrogens with zero attached hydrogens (tertiary/aromatic N) is 5.